The molecule has 0 radical (unpaired) electrons. The second kappa shape index (κ2) is 8.27. The summed E-state index contributed by atoms with van der Waals surface area (Å²) in [6.45, 7) is 1.36. The summed E-state index contributed by atoms with van der Waals surface area (Å²) >= 11 is 0. The van der Waals surface area contributed by atoms with Crippen LogP contribution in [0.3, 0.4) is 0 Å². The lowest BCUT2D eigenvalue weighted by Gasteiger charge is -2.10. The molecule has 0 aromatic heterocycles. The maximum atomic E-state index is 13.9. The molecule has 0 spiro atoms. The molecule has 2 N–H and O–H groups in total. The van der Waals surface area contributed by atoms with Gasteiger partial charge in [0.2, 0.25) is 11.8 Å². The number of rotatable bonds is 5. The molecule has 136 valence electrons. The number of nitrogens with one attached hydrogen (secondary N) is 2. The zero-order valence-corrected chi connectivity index (χ0v) is 14.8. The molecule has 3 aromatic rings. The van der Waals surface area contributed by atoms with Gasteiger partial charge in [0.1, 0.15) is 5.82 Å². The van der Waals surface area contributed by atoms with Crippen molar-refractivity contribution in [1.29, 1.82) is 0 Å². The van der Waals surface area contributed by atoms with E-state index in [1.807, 2.05) is 54.6 Å². The second-order valence-electron chi connectivity index (χ2n) is 6.16. The third kappa shape index (κ3) is 5.01. The van der Waals surface area contributed by atoms with Crippen LogP contribution in [0.5, 0.6) is 0 Å². The average Bonchev–Trinajstić information content (AvgIpc) is 2.65. The van der Waals surface area contributed by atoms with Gasteiger partial charge in [0.25, 0.3) is 0 Å². The van der Waals surface area contributed by atoms with Crippen molar-refractivity contribution in [3.63, 3.8) is 0 Å². The van der Waals surface area contributed by atoms with Crippen molar-refractivity contribution in [1.82, 2.24) is 0 Å². The molecule has 0 heterocycles. The van der Waals surface area contributed by atoms with E-state index in [1.54, 1.807) is 0 Å². The molecular weight excluding hydrogens is 343 g/mol. The van der Waals surface area contributed by atoms with Gasteiger partial charge in [-0.2, -0.15) is 0 Å². The lowest BCUT2D eigenvalue weighted by Crippen LogP contribution is -2.16. The highest BCUT2D eigenvalue weighted by molar-refractivity contribution is 5.94. The second-order valence-corrected chi connectivity index (χ2v) is 6.16. The first-order chi connectivity index (χ1) is 13.0. The van der Waals surface area contributed by atoms with Crippen molar-refractivity contribution in [3.05, 3.63) is 84.2 Å². The highest BCUT2D eigenvalue weighted by atomic mass is 19.1. The van der Waals surface area contributed by atoms with E-state index >= 15 is 0 Å². The lowest BCUT2D eigenvalue weighted by molar-refractivity contribution is -0.116. The van der Waals surface area contributed by atoms with Gasteiger partial charge in [-0.1, -0.05) is 54.6 Å². The Morgan fingerprint density at radius 3 is 2.19 bits per heavy atom. The first-order valence-electron chi connectivity index (χ1n) is 8.52. The molecule has 3 rings (SSSR count). The van der Waals surface area contributed by atoms with Gasteiger partial charge in [-0.15, -0.1) is 0 Å². The first-order valence-corrected chi connectivity index (χ1v) is 8.52. The number of hydrogen-bond acceptors (Lipinski definition) is 2. The highest BCUT2D eigenvalue weighted by Crippen LogP contribution is 2.21. The van der Waals surface area contributed by atoms with Crippen molar-refractivity contribution >= 4 is 23.2 Å². The molecule has 0 fully saturated rings. The minimum absolute atomic E-state index is 0.0344. The summed E-state index contributed by atoms with van der Waals surface area (Å²) in [4.78, 5) is 23.4. The van der Waals surface area contributed by atoms with Gasteiger partial charge < -0.3 is 10.6 Å². The molecule has 0 aliphatic rings. The number of hydrogen-bond donors (Lipinski definition) is 2. The van der Waals surface area contributed by atoms with E-state index in [0.29, 0.717) is 5.69 Å². The number of anilines is 2. The summed E-state index contributed by atoms with van der Waals surface area (Å²) in [6, 6.07) is 21.7. The number of carbonyl (C=O) groups is 2. The Kier molecular flexibility index (Phi) is 5.61. The topological polar surface area (TPSA) is 58.2 Å². The number of halogens is 1. The predicted molar refractivity (Wildman–Crippen MR) is 105 cm³/mol. The van der Waals surface area contributed by atoms with Crippen LogP contribution in [-0.2, 0) is 16.0 Å². The van der Waals surface area contributed by atoms with Crippen LogP contribution in [-0.4, -0.2) is 11.8 Å². The van der Waals surface area contributed by atoms with Gasteiger partial charge in [-0.05, 0) is 34.9 Å². The van der Waals surface area contributed by atoms with E-state index in [0.717, 1.165) is 16.7 Å². The largest absolute Gasteiger partial charge is 0.326 e. The molecule has 27 heavy (non-hydrogen) atoms. The minimum atomic E-state index is -0.558. The Morgan fingerprint density at radius 2 is 1.52 bits per heavy atom. The predicted octanol–water partition coefficient (Wildman–Crippen LogP) is 4.63. The molecule has 0 bridgehead atoms. The van der Waals surface area contributed by atoms with Gasteiger partial charge in [0.15, 0.2) is 0 Å². The third-order valence-electron chi connectivity index (χ3n) is 3.99. The lowest BCUT2D eigenvalue weighted by atomic mass is 10.0. The summed E-state index contributed by atoms with van der Waals surface area (Å²) in [5.74, 6) is -1.16. The molecule has 0 aliphatic heterocycles. The van der Waals surface area contributed by atoms with Crippen LogP contribution in [0, 0.1) is 5.82 Å². The standard InChI is InChI=1S/C22H19FN2O2/c1-15(26)24-19-11-12-20(23)21(14-19)25-22(27)13-16-7-9-18(10-8-16)17-5-3-2-4-6-17/h2-12,14H,13H2,1H3,(H,24,26)(H,25,27). The normalized spacial score (nSPS) is 10.3. The van der Waals surface area contributed by atoms with Crippen LogP contribution < -0.4 is 10.6 Å². The molecular formula is C22H19FN2O2. The van der Waals surface area contributed by atoms with E-state index < -0.39 is 5.82 Å². The van der Waals surface area contributed by atoms with Crippen LogP contribution in [0.15, 0.2) is 72.8 Å². The fourth-order valence-corrected chi connectivity index (χ4v) is 2.73. The van der Waals surface area contributed by atoms with E-state index in [-0.39, 0.29) is 23.9 Å². The van der Waals surface area contributed by atoms with E-state index in [2.05, 4.69) is 10.6 Å². The van der Waals surface area contributed by atoms with E-state index in [1.165, 1.54) is 25.1 Å². The molecule has 0 saturated heterocycles. The zero-order chi connectivity index (χ0) is 19.2. The fraction of sp³-hybridized carbons (Fsp3) is 0.0909. The molecule has 3 aromatic carbocycles. The molecule has 4 nitrogen and oxygen atoms in total. The maximum Gasteiger partial charge on any atom is 0.228 e. The number of benzene rings is 3. The smallest absolute Gasteiger partial charge is 0.228 e. The summed E-state index contributed by atoms with van der Waals surface area (Å²) in [6.07, 6.45) is 0.124. The van der Waals surface area contributed by atoms with Crippen molar-refractivity contribution in [3.8, 4) is 11.1 Å². The summed E-state index contributed by atoms with van der Waals surface area (Å²) in [5.41, 5.74) is 3.45. The van der Waals surface area contributed by atoms with Gasteiger partial charge >= 0.3 is 0 Å². The van der Waals surface area contributed by atoms with Crippen molar-refractivity contribution in [2.75, 3.05) is 10.6 Å². The fourth-order valence-electron chi connectivity index (χ4n) is 2.73. The van der Waals surface area contributed by atoms with Crippen molar-refractivity contribution in [2.24, 2.45) is 0 Å². The van der Waals surface area contributed by atoms with Crippen LogP contribution in [0.1, 0.15) is 12.5 Å². The molecule has 5 heteroatoms. The Hall–Kier alpha value is -3.47. The van der Waals surface area contributed by atoms with Crippen LogP contribution in [0.4, 0.5) is 15.8 Å². The SMILES string of the molecule is CC(=O)Nc1ccc(F)c(NC(=O)Cc2ccc(-c3ccccc3)cc2)c1. The first kappa shape index (κ1) is 18.3. The van der Waals surface area contributed by atoms with Crippen LogP contribution in [0.25, 0.3) is 11.1 Å². The van der Waals surface area contributed by atoms with Gasteiger partial charge in [0.05, 0.1) is 12.1 Å². The number of amides is 2. The summed E-state index contributed by atoms with van der Waals surface area (Å²) in [7, 11) is 0. The summed E-state index contributed by atoms with van der Waals surface area (Å²) < 4.78 is 13.9. The van der Waals surface area contributed by atoms with Crippen LogP contribution in [0.2, 0.25) is 0 Å². The Balaban J connectivity index is 1.66. The Morgan fingerprint density at radius 1 is 0.852 bits per heavy atom. The monoisotopic (exact) mass is 362 g/mol. The molecule has 0 aliphatic carbocycles. The Labute approximate surface area is 157 Å². The van der Waals surface area contributed by atoms with Gasteiger partial charge in [-0.25, -0.2) is 4.39 Å². The van der Waals surface area contributed by atoms with Crippen LogP contribution >= 0.6 is 0 Å². The third-order valence-corrected chi connectivity index (χ3v) is 3.99. The van der Waals surface area contributed by atoms with Gasteiger partial charge in [0, 0.05) is 12.6 Å². The summed E-state index contributed by atoms with van der Waals surface area (Å²) in [5, 5.41) is 5.11. The molecule has 2 amide bonds. The van der Waals surface area contributed by atoms with Crippen molar-refractivity contribution in [2.45, 2.75) is 13.3 Å². The zero-order valence-electron chi connectivity index (χ0n) is 14.8. The highest BCUT2D eigenvalue weighted by Gasteiger charge is 2.10. The maximum absolute atomic E-state index is 13.9. The molecule has 0 unspecified atom stereocenters. The minimum Gasteiger partial charge on any atom is -0.326 e. The average molecular weight is 362 g/mol. The van der Waals surface area contributed by atoms with E-state index in [4.69, 9.17) is 0 Å². The quantitative estimate of drug-likeness (QED) is 0.695. The molecule has 0 saturated carbocycles. The van der Waals surface area contributed by atoms with E-state index in [9.17, 15) is 14.0 Å². The van der Waals surface area contributed by atoms with Gasteiger partial charge in [-0.3, -0.25) is 9.59 Å². The molecule has 0 atom stereocenters. The number of carbonyl (C=O) groups excluding carboxylic acids is 2. The Bertz CT molecular complexity index is 954. The van der Waals surface area contributed by atoms with Crippen molar-refractivity contribution < 1.29 is 14.0 Å².